The normalized spacial score (nSPS) is 29.5. The Morgan fingerprint density at radius 3 is 2.29 bits per heavy atom. The summed E-state index contributed by atoms with van der Waals surface area (Å²) in [5.41, 5.74) is -0.573. The van der Waals surface area contributed by atoms with E-state index in [0.29, 0.717) is 5.92 Å². The Bertz CT molecular complexity index is 435. The van der Waals surface area contributed by atoms with Crippen molar-refractivity contribution in [1.82, 2.24) is 10.2 Å². The number of amides is 3. The summed E-state index contributed by atoms with van der Waals surface area (Å²) in [7, 11) is 0. The fraction of sp³-hybridized carbons (Fsp3) is 0.875. The third-order valence-corrected chi connectivity index (χ3v) is 4.47. The van der Waals surface area contributed by atoms with Gasteiger partial charge in [0.1, 0.15) is 5.60 Å². The number of nitrogens with zero attached hydrogens (tertiary/aromatic N) is 1. The summed E-state index contributed by atoms with van der Waals surface area (Å²) in [6.45, 7) is 5.49. The first-order valence-electron chi connectivity index (χ1n) is 8.16. The fourth-order valence-corrected chi connectivity index (χ4v) is 3.08. The lowest BCUT2D eigenvalue weighted by Crippen LogP contribution is -2.44. The topological polar surface area (TPSA) is 58.6 Å². The Labute approximate surface area is 126 Å². The maximum Gasteiger partial charge on any atom is 0.418 e. The minimum absolute atomic E-state index is 0.0274. The van der Waals surface area contributed by atoms with Crippen molar-refractivity contribution >= 4 is 12.1 Å². The molecule has 1 N–H and O–H groups in total. The van der Waals surface area contributed by atoms with Gasteiger partial charge in [0, 0.05) is 0 Å². The molecule has 2 saturated carbocycles. The van der Waals surface area contributed by atoms with E-state index >= 15 is 0 Å². The van der Waals surface area contributed by atoms with E-state index in [9.17, 15) is 9.59 Å². The van der Waals surface area contributed by atoms with Crippen molar-refractivity contribution < 1.29 is 14.3 Å². The van der Waals surface area contributed by atoms with Gasteiger partial charge in [0.05, 0.1) is 12.1 Å². The van der Waals surface area contributed by atoms with Gasteiger partial charge in [0.15, 0.2) is 0 Å². The van der Waals surface area contributed by atoms with E-state index < -0.39 is 11.7 Å². The average molecular weight is 294 g/mol. The average Bonchev–Trinajstić information content (AvgIpc) is 3.18. The number of rotatable bonds is 4. The minimum Gasteiger partial charge on any atom is -0.443 e. The summed E-state index contributed by atoms with van der Waals surface area (Å²) in [5.74, 6) is 1.41. The molecule has 0 aromatic carbocycles. The highest BCUT2D eigenvalue weighted by atomic mass is 16.6. The molecule has 2 aliphatic carbocycles. The molecule has 0 aromatic heterocycles. The molecule has 3 amide bonds. The second kappa shape index (κ2) is 5.18. The van der Waals surface area contributed by atoms with Gasteiger partial charge in [-0.05, 0) is 45.4 Å². The quantitative estimate of drug-likeness (QED) is 0.865. The summed E-state index contributed by atoms with van der Waals surface area (Å²) in [4.78, 5) is 26.0. The molecular formula is C16H26N2O3. The van der Waals surface area contributed by atoms with Crippen molar-refractivity contribution in [2.45, 2.75) is 77.0 Å². The first-order valence-corrected chi connectivity index (χ1v) is 8.16. The molecule has 0 aromatic rings. The summed E-state index contributed by atoms with van der Waals surface area (Å²) >= 11 is 0. The monoisotopic (exact) mass is 294 g/mol. The predicted molar refractivity (Wildman–Crippen MR) is 78.9 cm³/mol. The second-order valence-corrected chi connectivity index (χ2v) is 7.83. The summed E-state index contributed by atoms with van der Waals surface area (Å²) in [6.07, 6.45) is 6.40. The predicted octanol–water partition coefficient (Wildman–Crippen LogP) is 3.28. The SMILES string of the molecule is CC(C)(C)OC(=O)N1C(=O)N[C@@H](CC2CC2)[C@@H]1CC1CC1. The Kier molecular flexibility index (Phi) is 3.62. The second-order valence-electron chi connectivity index (χ2n) is 7.83. The van der Waals surface area contributed by atoms with Crippen LogP contribution in [0.25, 0.3) is 0 Å². The first kappa shape index (κ1) is 14.7. The number of hydrogen-bond acceptors (Lipinski definition) is 3. The van der Waals surface area contributed by atoms with Crippen LogP contribution in [0.4, 0.5) is 9.59 Å². The molecule has 0 spiro atoms. The van der Waals surface area contributed by atoms with Crippen LogP contribution >= 0.6 is 0 Å². The van der Waals surface area contributed by atoms with Crippen molar-refractivity contribution in [2.24, 2.45) is 11.8 Å². The molecule has 2 atom stereocenters. The summed E-state index contributed by atoms with van der Waals surface area (Å²) in [5, 5.41) is 3.01. The molecular weight excluding hydrogens is 268 g/mol. The van der Waals surface area contributed by atoms with Gasteiger partial charge in [-0.15, -0.1) is 0 Å². The Morgan fingerprint density at radius 2 is 1.76 bits per heavy atom. The Balaban J connectivity index is 1.71. The zero-order chi connectivity index (χ0) is 15.2. The number of carbonyl (C=O) groups excluding carboxylic acids is 2. The van der Waals surface area contributed by atoms with Crippen molar-refractivity contribution in [1.29, 1.82) is 0 Å². The zero-order valence-electron chi connectivity index (χ0n) is 13.2. The van der Waals surface area contributed by atoms with Crippen LogP contribution < -0.4 is 5.32 Å². The highest BCUT2D eigenvalue weighted by molar-refractivity contribution is 5.93. The maximum atomic E-state index is 12.4. The molecule has 3 aliphatic rings. The van der Waals surface area contributed by atoms with Crippen molar-refractivity contribution in [3.05, 3.63) is 0 Å². The van der Waals surface area contributed by atoms with Crippen LogP contribution in [0.1, 0.15) is 59.3 Å². The molecule has 3 fully saturated rings. The van der Waals surface area contributed by atoms with Crippen LogP contribution in [0.5, 0.6) is 0 Å². The van der Waals surface area contributed by atoms with Gasteiger partial charge in [-0.25, -0.2) is 14.5 Å². The highest BCUT2D eigenvalue weighted by Crippen LogP contribution is 2.41. The van der Waals surface area contributed by atoms with Gasteiger partial charge in [-0.3, -0.25) is 0 Å². The fourth-order valence-electron chi connectivity index (χ4n) is 3.08. The summed E-state index contributed by atoms with van der Waals surface area (Å²) in [6, 6.07) is -0.195. The van der Waals surface area contributed by atoms with Crippen molar-refractivity contribution in [2.75, 3.05) is 0 Å². The van der Waals surface area contributed by atoms with Crippen LogP contribution in [0.2, 0.25) is 0 Å². The molecule has 5 heteroatoms. The van der Waals surface area contributed by atoms with E-state index in [-0.39, 0.29) is 18.1 Å². The van der Waals surface area contributed by atoms with Gasteiger partial charge in [0.25, 0.3) is 0 Å². The molecule has 1 heterocycles. The number of urea groups is 1. The number of ether oxygens (including phenoxy) is 1. The highest BCUT2D eigenvalue weighted by Gasteiger charge is 2.47. The van der Waals surface area contributed by atoms with Gasteiger partial charge in [0.2, 0.25) is 0 Å². The maximum absolute atomic E-state index is 12.4. The lowest BCUT2D eigenvalue weighted by Gasteiger charge is -2.28. The molecule has 1 aliphatic heterocycles. The molecule has 5 nitrogen and oxygen atoms in total. The van der Waals surface area contributed by atoms with Gasteiger partial charge in [-0.1, -0.05) is 25.7 Å². The molecule has 3 rings (SSSR count). The molecule has 0 radical (unpaired) electrons. The zero-order valence-corrected chi connectivity index (χ0v) is 13.2. The van der Waals surface area contributed by atoms with Crippen molar-refractivity contribution in [3.8, 4) is 0 Å². The van der Waals surface area contributed by atoms with Gasteiger partial charge >= 0.3 is 12.1 Å². The number of hydrogen-bond donors (Lipinski definition) is 1. The Hall–Kier alpha value is -1.26. The van der Waals surface area contributed by atoms with Crippen LogP contribution in [-0.4, -0.2) is 34.7 Å². The smallest absolute Gasteiger partial charge is 0.418 e. The van der Waals surface area contributed by atoms with E-state index in [1.807, 2.05) is 20.8 Å². The van der Waals surface area contributed by atoms with E-state index in [0.717, 1.165) is 18.8 Å². The number of carbonyl (C=O) groups is 2. The van der Waals surface area contributed by atoms with E-state index in [4.69, 9.17) is 4.74 Å². The van der Waals surface area contributed by atoms with Gasteiger partial charge in [-0.2, -0.15) is 0 Å². The third kappa shape index (κ3) is 3.69. The molecule has 0 unspecified atom stereocenters. The van der Waals surface area contributed by atoms with Crippen LogP contribution in [-0.2, 0) is 4.74 Å². The lowest BCUT2D eigenvalue weighted by molar-refractivity contribution is 0.0277. The minimum atomic E-state index is -0.573. The molecule has 0 bridgehead atoms. The summed E-state index contributed by atoms with van der Waals surface area (Å²) < 4.78 is 5.42. The molecule has 1 saturated heterocycles. The largest absolute Gasteiger partial charge is 0.443 e. The molecule has 118 valence electrons. The van der Waals surface area contributed by atoms with Crippen LogP contribution in [0.15, 0.2) is 0 Å². The number of nitrogens with one attached hydrogen (secondary N) is 1. The first-order chi connectivity index (χ1) is 9.83. The van der Waals surface area contributed by atoms with Gasteiger partial charge < -0.3 is 10.1 Å². The third-order valence-electron chi connectivity index (χ3n) is 4.47. The van der Waals surface area contributed by atoms with Crippen LogP contribution in [0.3, 0.4) is 0 Å². The Morgan fingerprint density at radius 1 is 1.19 bits per heavy atom. The van der Waals surface area contributed by atoms with E-state index in [1.165, 1.54) is 30.6 Å². The van der Waals surface area contributed by atoms with Crippen LogP contribution in [0, 0.1) is 11.8 Å². The molecule has 21 heavy (non-hydrogen) atoms. The van der Waals surface area contributed by atoms with Crippen molar-refractivity contribution in [3.63, 3.8) is 0 Å². The number of imide groups is 1. The van der Waals surface area contributed by atoms with E-state index in [2.05, 4.69) is 5.32 Å². The van der Waals surface area contributed by atoms with E-state index in [1.54, 1.807) is 0 Å². The standard InChI is InChI=1S/C16H26N2O3/c1-16(2,3)21-15(20)18-13(9-11-6-7-11)12(17-14(18)19)8-10-4-5-10/h10-13H,4-9H2,1-3H3,(H,17,19)/t12-,13-/m0/s1. The lowest BCUT2D eigenvalue weighted by atomic mass is 9.98.